The van der Waals surface area contributed by atoms with Crippen LogP contribution in [0.2, 0.25) is 0 Å². The van der Waals surface area contributed by atoms with E-state index in [1.165, 1.54) is 21.9 Å². The molecule has 1 aliphatic heterocycles. The fourth-order valence-electron chi connectivity index (χ4n) is 6.58. The molecule has 0 amide bonds. The predicted octanol–water partition coefficient (Wildman–Crippen LogP) is 12.0. The number of fused-ring (bicyclic) bond motifs is 4. The second-order valence-electron chi connectivity index (χ2n) is 12.0. The molecule has 3 heteroatoms. The van der Waals surface area contributed by atoms with Crippen LogP contribution >= 0.6 is 0 Å². The average molecular weight is 602 g/mol. The third kappa shape index (κ3) is 4.99. The van der Waals surface area contributed by atoms with Crippen molar-refractivity contribution < 1.29 is 4.42 Å². The molecule has 222 valence electrons. The Morgan fingerprint density at radius 2 is 1.15 bits per heavy atom. The van der Waals surface area contributed by atoms with Crippen molar-refractivity contribution in [2.45, 2.75) is 6.17 Å². The summed E-state index contributed by atoms with van der Waals surface area (Å²) in [5, 5.41) is 9.88. The largest absolute Gasteiger partial charge is 0.659 e. The normalized spacial score (nSPS) is 14.6. The molecule has 7 aromatic carbocycles. The van der Waals surface area contributed by atoms with Gasteiger partial charge in [0.15, 0.2) is 0 Å². The Labute approximate surface area is 273 Å². The van der Waals surface area contributed by atoms with E-state index in [1.54, 1.807) is 0 Å². The lowest BCUT2D eigenvalue weighted by molar-refractivity contribution is 0.670. The molecule has 2 heterocycles. The lowest BCUT2D eigenvalue weighted by atomic mass is 9.97. The van der Waals surface area contributed by atoms with Crippen molar-refractivity contribution in [2.24, 2.45) is 4.99 Å². The average Bonchev–Trinajstić information content (AvgIpc) is 3.54. The van der Waals surface area contributed by atoms with Crippen LogP contribution in [0, 0.1) is 0 Å². The van der Waals surface area contributed by atoms with Gasteiger partial charge in [-0.25, -0.2) is 0 Å². The summed E-state index contributed by atoms with van der Waals surface area (Å²) < 4.78 is 6.32. The number of furan rings is 1. The van der Waals surface area contributed by atoms with Crippen molar-refractivity contribution in [1.29, 1.82) is 0 Å². The maximum atomic E-state index is 6.32. The van der Waals surface area contributed by atoms with E-state index in [0.717, 1.165) is 61.2 Å². The van der Waals surface area contributed by atoms with Crippen LogP contribution in [0.1, 0.15) is 22.9 Å². The van der Waals surface area contributed by atoms with Crippen molar-refractivity contribution in [3.05, 3.63) is 192 Å². The van der Waals surface area contributed by atoms with Crippen LogP contribution in [0.15, 0.2) is 179 Å². The number of hydrogen-bond donors (Lipinski definition) is 0. The van der Waals surface area contributed by atoms with Crippen LogP contribution in [0.25, 0.3) is 66.0 Å². The Hall–Kier alpha value is -6.19. The molecule has 8 aromatic rings. The van der Waals surface area contributed by atoms with Gasteiger partial charge in [0.1, 0.15) is 11.2 Å². The van der Waals surface area contributed by atoms with Crippen molar-refractivity contribution in [2.75, 3.05) is 0 Å². The first-order valence-electron chi connectivity index (χ1n) is 15.9. The van der Waals surface area contributed by atoms with Crippen molar-refractivity contribution >= 4 is 44.1 Å². The minimum absolute atomic E-state index is 0.324. The zero-order valence-corrected chi connectivity index (χ0v) is 25.5. The summed E-state index contributed by atoms with van der Waals surface area (Å²) in [5.41, 5.74) is 11.4. The van der Waals surface area contributed by atoms with E-state index in [4.69, 9.17) is 14.7 Å². The third-order valence-corrected chi connectivity index (χ3v) is 9.05. The third-order valence-electron chi connectivity index (χ3n) is 9.05. The number of hydrogen-bond acceptors (Lipinski definition) is 2. The van der Waals surface area contributed by atoms with Gasteiger partial charge in [-0.05, 0) is 56.3 Å². The molecule has 1 unspecified atom stereocenters. The summed E-state index contributed by atoms with van der Waals surface area (Å²) in [4.78, 5) is 5.12. The highest BCUT2D eigenvalue weighted by molar-refractivity contribution is 6.15. The summed E-state index contributed by atoms with van der Waals surface area (Å²) in [7, 11) is 0. The molecule has 0 bridgehead atoms. The topological polar surface area (TPSA) is 39.6 Å². The Morgan fingerprint density at radius 1 is 0.489 bits per heavy atom. The minimum Gasteiger partial charge on any atom is -0.659 e. The SMILES string of the molecule is C1=C(c2ccc(-c3cccc4c3oc3ccccc34)cc2)[N-]C(c2ccccc2)N=C1c1ccc(-c2ccc3ccccc3c2)cc1. The second kappa shape index (κ2) is 11.3. The Bertz CT molecular complexity index is 2470. The highest BCUT2D eigenvalue weighted by Crippen LogP contribution is 2.40. The van der Waals surface area contributed by atoms with Gasteiger partial charge in [0, 0.05) is 22.5 Å². The van der Waals surface area contributed by atoms with Gasteiger partial charge in [0.05, 0.1) is 5.71 Å². The monoisotopic (exact) mass is 601 g/mol. The van der Waals surface area contributed by atoms with E-state index in [1.807, 2.05) is 30.3 Å². The van der Waals surface area contributed by atoms with Crippen LogP contribution in [0.4, 0.5) is 0 Å². The molecule has 9 rings (SSSR count). The molecule has 0 spiro atoms. The minimum atomic E-state index is -0.324. The van der Waals surface area contributed by atoms with E-state index in [-0.39, 0.29) is 6.17 Å². The fraction of sp³-hybridized carbons (Fsp3) is 0.0227. The smallest absolute Gasteiger partial charge is 0.143 e. The van der Waals surface area contributed by atoms with Crippen molar-refractivity contribution in [1.82, 2.24) is 0 Å². The lowest BCUT2D eigenvalue weighted by Gasteiger charge is -2.37. The molecule has 1 aromatic heterocycles. The number of para-hydroxylation sites is 2. The maximum absolute atomic E-state index is 6.32. The number of aliphatic imine (C=N–C) groups is 1. The zero-order chi connectivity index (χ0) is 31.2. The number of benzene rings is 7. The fourth-order valence-corrected chi connectivity index (χ4v) is 6.58. The van der Waals surface area contributed by atoms with Crippen LogP contribution in [-0.2, 0) is 0 Å². The molecule has 0 saturated carbocycles. The summed E-state index contributed by atoms with van der Waals surface area (Å²) in [6.07, 6.45) is 1.79. The molecule has 1 aliphatic rings. The van der Waals surface area contributed by atoms with Crippen molar-refractivity contribution in [3.63, 3.8) is 0 Å². The van der Waals surface area contributed by atoms with E-state index in [2.05, 4.69) is 140 Å². The first kappa shape index (κ1) is 27.1. The first-order valence-corrected chi connectivity index (χ1v) is 15.9. The van der Waals surface area contributed by atoms with Crippen LogP contribution in [0.5, 0.6) is 0 Å². The number of nitrogens with zero attached hydrogens (tertiary/aromatic N) is 2. The number of rotatable bonds is 5. The van der Waals surface area contributed by atoms with Gasteiger partial charge in [-0.1, -0.05) is 158 Å². The van der Waals surface area contributed by atoms with Gasteiger partial charge in [-0.2, -0.15) is 0 Å². The number of allylic oxidation sites excluding steroid dienone is 1. The van der Waals surface area contributed by atoms with Crippen LogP contribution in [0.3, 0.4) is 0 Å². The van der Waals surface area contributed by atoms with E-state index in [0.29, 0.717) is 0 Å². The Kier molecular flexibility index (Phi) is 6.53. The molecule has 0 fully saturated rings. The standard InChI is InChI=1S/C44H29N2O/c1-2-10-34(11-3-1)44-45-40(32-22-17-30(18-23-32)36-26-19-29-9-4-5-12-35(29)27-36)28-41(46-44)33-24-20-31(21-25-33)37-14-8-15-39-38-13-6-7-16-42(38)47-43(37)39/h1-28,44H/q-1. The maximum Gasteiger partial charge on any atom is 0.143 e. The molecule has 47 heavy (non-hydrogen) atoms. The van der Waals surface area contributed by atoms with Gasteiger partial charge < -0.3 is 9.73 Å². The van der Waals surface area contributed by atoms with E-state index < -0.39 is 0 Å². The Morgan fingerprint density at radius 3 is 2.00 bits per heavy atom. The second-order valence-corrected chi connectivity index (χ2v) is 12.0. The molecular weight excluding hydrogens is 572 g/mol. The lowest BCUT2D eigenvalue weighted by Crippen LogP contribution is -2.09. The van der Waals surface area contributed by atoms with Gasteiger partial charge in [0.25, 0.3) is 0 Å². The molecule has 0 radical (unpaired) electrons. The molecular formula is C44H29N2O-. The molecule has 1 atom stereocenters. The highest BCUT2D eigenvalue weighted by Gasteiger charge is 2.14. The summed E-state index contributed by atoms with van der Waals surface area (Å²) in [5.74, 6) is 0. The Balaban J connectivity index is 1.06. The van der Waals surface area contributed by atoms with Gasteiger partial charge in [-0.15, -0.1) is 5.70 Å². The quantitative estimate of drug-likeness (QED) is 0.193. The summed E-state index contributed by atoms with van der Waals surface area (Å²) in [6, 6.07) is 57.3. The summed E-state index contributed by atoms with van der Waals surface area (Å²) in [6.45, 7) is 0. The molecule has 0 N–H and O–H groups in total. The summed E-state index contributed by atoms with van der Waals surface area (Å²) >= 11 is 0. The van der Waals surface area contributed by atoms with Gasteiger partial charge >= 0.3 is 0 Å². The molecule has 3 nitrogen and oxygen atoms in total. The highest BCUT2D eigenvalue weighted by atomic mass is 16.3. The predicted molar refractivity (Wildman–Crippen MR) is 196 cm³/mol. The first-order chi connectivity index (χ1) is 23.3. The van der Waals surface area contributed by atoms with E-state index >= 15 is 0 Å². The molecule has 0 aliphatic carbocycles. The van der Waals surface area contributed by atoms with Crippen LogP contribution in [-0.4, -0.2) is 5.71 Å². The van der Waals surface area contributed by atoms with Gasteiger partial charge in [0.2, 0.25) is 0 Å². The van der Waals surface area contributed by atoms with Gasteiger partial charge in [-0.3, -0.25) is 4.99 Å². The van der Waals surface area contributed by atoms with Crippen LogP contribution < -0.4 is 0 Å². The molecule has 0 saturated heterocycles. The zero-order valence-electron chi connectivity index (χ0n) is 25.5. The van der Waals surface area contributed by atoms with Crippen molar-refractivity contribution in [3.8, 4) is 22.3 Å². The van der Waals surface area contributed by atoms with E-state index in [9.17, 15) is 0 Å².